The largest absolute Gasteiger partial charge is 0.388 e. The predicted octanol–water partition coefficient (Wildman–Crippen LogP) is 3.15. The van der Waals surface area contributed by atoms with Crippen molar-refractivity contribution < 1.29 is 18.7 Å². The molecule has 0 saturated carbocycles. The van der Waals surface area contributed by atoms with Crippen LogP contribution < -0.4 is 10.6 Å². The van der Waals surface area contributed by atoms with Crippen LogP contribution >= 0.6 is 11.6 Å². The van der Waals surface area contributed by atoms with Crippen molar-refractivity contribution in [3.8, 4) is 0 Å². The lowest BCUT2D eigenvalue weighted by Crippen LogP contribution is -2.45. The van der Waals surface area contributed by atoms with Gasteiger partial charge in [-0.25, -0.2) is 13.6 Å². The third kappa shape index (κ3) is 4.31. The molecule has 1 atom stereocenters. The number of benzene rings is 1. The van der Waals surface area contributed by atoms with Crippen LogP contribution in [0.1, 0.15) is 20.8 Å². The average molecular weight is 307 g/mol. The molecule has 0 saturated heterocycles. The number of carbonyl (C=O) groups is 1. The van der Waals surface area contributed by atoms with Crippen LogP contribution in [0.2, 0.25) is 5.02 Å². The minimum absolute atomic E-state index is 0.0483. The van der Waals surface area contributed by atoms with Crippen molar-refractivity contribution in [2.75, 3.05) is 11.9 Å². The number of anilines is 1. The van der Waals surface area contributed by atoms with E-state index in [2.05, 4.69) is 5.32 Å². The second-order valence-corrected chi connectivity index (χ2v) is 5.50. The SMILES string of the molecule is CC(C)C(C)(O)CNC(=O)Nc1c(F)cc(Cl)cc1F. The van der Waals surface area contributed by atoms with Crippen molar-refractivity contribution in [2.24, 2.45) is 5.92 Å². The topological polar surface area (TPSA) is 61.4 Å². The number of rotatable bonds is 4. The van der Waals surface area contributed by atoms with Crippen LogP contribution in [0.3, 0.4) is 0 Å². The van der Waals surface area contributed by atoms with Gasteiger partial charge in [-0.1, -0.05) is 25.4 Å². The molecule has 0 radical (unpaired) electrons. The van der Waals surface area contributed by atoms with Crippen LogP contribution in [0, 0.1) is 17.6 Å². The number of nitrogens with one attached hydrogen (secondary N) is 2. The summed E-state index contributed by atoms with van der Waals surface area (Å²) >= 11 is 5.47. The zero-order valence-corrected chi connectivity index (χ0v) is 12.2. The van der Waals surface area contributed by atoms with E-state index < -0.39 is 29.0 Å². The zero-order chi connectivity index (χ0) is 15.5. The lowest BCUT2D eigenvalue weighted by molar-refractivity contribution is 0.0170. The quantitative estimate of drug-likeness (QED) is 0.800. The number of aliphatic hydroxyl groups is 1. The number of hydrogen-bond donors (Lipinski definition) is 3. The normalized spacial score (nSPS) is 14.0. The predicted molar refractivity (Wildman–Crippen MR) is 73.9 cm³/mol. The standard InChI is InChI=1S/C13H17ClF2N2O2/c1-7(2)13(3,20)6-17-12(19)18-11-9(15)4-8(14)5-10(11)16/h4-5,7,20H,6H2,1-3H3,(H2,17,18,19). The molecular formula is C13H17ClF2N2O2. The number of amides is 2. The van der Waals surface area contributed by atoms with Crippen LogP contribution in [-0.2, 0) is 0 Å². The van der Waals surface area contributed by atoms with E-state index in [1.54, 1.807) is 20.8 Å². The summed E-state index contributed by atoms with van der Waals surface area (Å²) in [5, 5.41) is 14.2. The molecule has 0 bridgehead atoms. The van der Waals surface area contributed by atoms with Crippen LogP contribution in [0.4, 0.5) is 19.3 Å². The van der Waals surface area contributed by atoms with Crippen LogP contribution in [0.15, 0.2) is 12.1 Å². The summed E-state index contributed by atoms with van der Waals surface area (Å²) in [5.74, 6) is -2.03. The molecule has 3 N–H and O–H groups in total. The number of halogens is 3. The second kappa shape index (κ2) is 6.37. The summed E-state index contributed by atoms with van der Waals surface area (Å²) in [6.45, 7) is 5.09. The zero-order valence-electron chi connectivity index (χ0n) is 11.4. The maximum Gasteiger partial charge on any atom is 0.319 e. The van der Waals surface area contributed by atoms with Gasteiger partial charge in [0.05, 0.1) is 5.60 Å². The molecule has 0 fully saturated rings. The van der Waals surface area contributed by atoms with Gasteiger partial charge in [-0.05, 0) is 25.0 Å². The van der Waals surface area contributed by atoms with Crippen LogP contribution in [0.5, 0.6) is 0 Å². The molecule has 20 heavy (non-hydrogen) atoms. The van der Waals surface area contributed by atoms with Gasteiger partial charge in [0.25, 0.3) is 0 Å². The number of carbonyl (C=O) groups excluding carboxylic acids is 1. The lowest BCUT2D eigenvalue weighted by Gasteiger charge is -2.27. The molecule has 0 aliphatic rings. The van der Waals surface area contributed by atoms with E-state index in [1.165, 1.54) is 0 Å². The highest BCUT2D eigenvalue weighted by molar-refractivity contribution is 6.30. The van der Waals surface area contributed by atoms with Gasteiger partial charge in [-0.15, -0.1) is 0 Å². The van der Waals surface area contributed by atoms with E-state index >= 15 is 0 Å². The van der Waals surface area contributed by atoms with Gasteiger partial charge in [0, 0.05) is 11.6 Å². The Bertz CT molecular complexity index is 484. The summed E-state index contributed by atoms with van der Waals surface area (Å²) in [6, 6.07) is 0.973. The molecule has 1 aromatic rings. The molecule has 0 aliphatic carbocycles. The Balaban J connectivity index is 2.69. The smallest absolute Gasteiger partial charge is 0.319 e. The first-order chi connectivity index (χ1) is 9.13. The van der Waals surface area contributed by atoms with Crippen LogP contribution in [0.25, 0.3) is 0 Å². The molecule has 1 rings (SSSR count). The highest BCUT2D eigenvalue weighted by atomic mass is 35.5. The minimum atomic E-state index is -1.12. The third-order valence-corrected chi connectivity index (χ3v) is 3.31. The van der Waals surface area contributed by atoms with Crippen molar-refractivity contribution in [3.63, 3.8) is 0 Å². The molecule has 7 heteroatoms. The summed E-state index contributed by atoms with van der Waals surface area (Å²) in [4.78, 5) is 11.6. The first-order valence-electron chi connectivity index (χ1n) is 6.05. The van der Waals surface area contributed by atoms with Crippen molar-refractivity contribution in [2.45, 2.75) is 26.4 Å². The van der Waals surface area contributed by atoms with E-state index in [4.69, 9.17) is 11.6 Å². The maximum atomic E-state index is 13.5. The lowest BCUT2D eigenvalue weighted by atomic mass is 9.93. The van der Waals surface area contributed by atoms with E-state index in [0.717, 1.165) is 12.1 Å². The van der Waals surface area contributed by atoms with Crippen molar-refractivity contribution >= 4 is 23.3 Å². The Kier molecular flexibility index (Phi) is 5.30. The van der Waals surface area contributed by atoms with Gasteiger partial charge in [0.15, 0.2) is 11.6 Å². The van der Waals surface area contributed by atoms with Crippen molar-refractivity contribution in [1.29, 1.82) is 0 Å². The molecule has 112 valence electrons. The van der Waals surface area contributed by atoms with E-state index in [0.29, 0.717) is 0 Å². The highest BCUT2D eigenvalue weighted by Crippen LogP contribution is 2.23. The maximum absolute atomic E-state index is 13.5. The average Bonchev–Trinajstić information content (AvgIpc) is 2.31. The Morgan fingerprint density at radius 3 is 2.35 bits per heavy atom. The molecule has 0 aliphatic heterocycles. The minimum Gasteiger partial charge on any atom is -0.388 e. The first kappa shape index (κ1) is 16.7. The third-order valence-electron chi connectivity index (χ3n) is 3.10. The van der Waals surface area contributed by atoms with E-state index in [9.17, 15) is 18.7 Å². The van der Waals surface area contributed by atoms with Gasteiger partial charge >= 0.3 is 6.03 Å². The fourth-order valence-corrected chi connectivity index (χ4v) is 1.47. The molecular weight excluding hydrogens is 290 g/mol. The summed E-state index contributed by atoms with van der Waals surface area (Å²) in [6.07, 6.45) is 0. The van der Waals surface area contributed by atoms with Crippen molar-refractivity contribution in [1.82, 2.24) is 5.32 Å². The van der Waals surface area contributed by atoms with Gasteiger partial charge in [-0.2, -0.15) is 0 Å². The molecule has 0 aromatic heterocycles. The Morgan fingerprint density at radius 2 is 1.90 bits per heavy atom. The fourth-order valence-electron chi connectivity index (χ4n) is 1.28. The van der Waals surface area contributed by atoms with E-state index in [-0.39, 0.29) is 17.5 Å². The molecule has 0 heterocycles. The summed E-state index contributed by atoms with van der Waals surface area (Å²) in [7, 11) is 0. The highest BCUT2D eigenvalue weighted by Gasteiger charge is 2.25. The van der Waals surface area contributed by atoms with E-state index in [1.807, 2.05) is 5.32 Å². The Labute approximate surface area is 121 Å². The summed E-state index contributed by atoms with van der Waals surface area (Å²) in [5.41, 5.74) is -1.70. The molecule has 1 aromatic carbocycles. The van der Waals surface area contributed by atoms with Gasteiger partial charge in [0.2, 0.25) is 0 Å². The second-order valence-electron chi connectivity index (χ2n) is 5.06. The summed E-state index contributed by atoms with van der Waals surface area (Å²) < 4.78 is 26.9. The number of hydrogen-bond acceptors (Lipinski definition) is 2. The van der Waals surface area contributed by atoms with Crippen LogP contribution in [-0.4, -0.2) is 23.3 Å². The molecule has 2 amide bonds. The van der Waals surface area contributed by atoms with Gasteiger partial charge in [0.1, 0.15) is 5.69 Å². The van der Waals surface area contributed by atoms with Gasteiger partial charge < -0.3 is 15.7 Å². The molecule has 1 unspecified atom stereocenters. The Hall–Kier alpha value is -1.40. The fraction of sp³-hybridized carbons (Fsp3) is 0.462. The first-order valence-corrected chi connectivity index (χ1v) is 6.43. The molecule has 4 nitrogen and oxygen atoms in total. The monoisotopic (exact) mass is 306 g/mol. The van der Waals surface area contributed by atoms with Gasteiger partial charge in [-0.3, -0.25) is 0 Å². The number of urea groups is 1. The Morgan fingerprint density at radius 1 is 1.40 bits per heavy atom. The molecule has 0 spiro atoms. The van der Waals surface area contributed by atoms with Crippen molar-refractivity contribution in [3.05, 3.63) is 28.8 Å².